The van der Waals surface area contributed by atoms with Crippen LogP contribution in [0.25, 0.3) is 0 Å². The molecule has 0 radical (unpaired) electrons. The third-order valence-electron chi connectivity index (χ3n) is 6.46. The van der Waals surface area contributed by atoms with Crippen LogP contribution in [0.4, 0.5) is 18.9 Å². The fourth-order valence-corrected chi connectivity index (χ4v) is 5.98. The van der Waals surface area contributed by atoms with Crippen LogP contribution in [0.15, 0.2) is 30.7 Å². The molecule has 1 N–H and O–H groups in total. The zero-order chi connectivity index (χ0) is 22.9. The highest BCUT2D eigenvalue weighted by atomic mass is 35.5. The number of aromatic nitrogens is 2. The molecular weight excluding hydrogens is 465 g/mol. The first-order chi connectivity index (χ1) is 15.1. The van der Waals surface area contributed by atoms with Gasteiger partial charge < -0.3 is 9.88 Å². The zero-order valence-electron chi connectivity index (χ0n) is 17.5. The molecule has 176 valence electrons. The normalized spacial score (nSPS) is 21.0. The Balaban J connectivity index is 1.73. The molecule has 1 aliphatic heterocycles. The van der Waals surface area contributed by atoms with Gasteiger partial charge >= 0.3 is 15.5 Å². The quantitative estimate of drug-likeness (QED) is 0.613. The van der Waals surface area contributed by atoms with Gasteiger partial charge in [0.25, 0.3) is 0 Å². The number of imidazole rings is 1. The predicted octanol–water partition coefficient (Wildman–Crippen LogP) is 5.07. The molecule has 1 aromatic heterocycles. The maximum Gasteiger partial charge on any atom is 0.511 e. The number of halogens is 4. The number of nitrogens with zero attached hydrogens (tertiary/aromatic N) is 3. The second-order valence-electron chi connectivity index (χ2n) is 8.60. The summed E-state index contributed by atoms with van der Waals surface area (Å²) in [6.07, 6.45) is 9.24. The van der Waals surface area contributed by atoms with E-state index in [-0.39, 0.29) is 13.1 Å². The van der Waals surface area contributed by atoms with Crippen LogP contribution >= 0.6 is 11.6 Å². The summed E-state index contributed by atoms with van der Waals surface area (Å²) < 4.78 is 65.9. The van der Waals surface area contributed by atoms with Gasteiger partial charge in [0.2, 0.25) is 0 Å². The molecule has 2 aromatic rings. The fourth-order valence-electron chi connectivity index (χ4n) is 4.82. The first-order valence-electron chi connectivity index (χ1n) is 10.7. The Labute approximate surface area is 190 Å². The largest absolute Gasteiger partial charge is 0.511 e. The number of anilines is 1. The highest BCUT2D eigenvalue weighted by Crippen LogP contribution is 2.38. The van der Waals surface area contributed by atoms with E-state index in [1.165, 1.54) is 12.8 Å². The summed E-state index contributed by atoms with van der Waals surface area (Å²) in [6, 6.07) is 4.58. The van der Waals surface area contributed by atoms with Gasteiger partial charge in [0.15, 0.2) is 0 Å². The maximum absolute atomic E-state index is 13.5. The Morgan fingerprint density at radius 1 is 1.19 bits per heavy atom. The van der Waals surface area contributed by atoms with E-state index < -0.39 is 21.6 Å². The molecule has 0 bridgehead atoms. The molecule has 4 rings (SSSR count). The van der Waals surface area contributed by atoms with Crippen LogP contribution in [0.1, 0.15) is 49.8 Å². The minimum absolute atomic E-state index is 0.241. The average Bonchev–Trinajstić information content (AvgIpc) is 3.40. The molecule has 6 nitrogen and oxygen atoms in total. The smallest absolute Gasteiger partial charge is 0.361 e. The SMILES string of the molecule is O=S(=O)(N1Cc2cc(Cl)ccc2N(Cc2cnc[nH]2)C(CCC2CCCC2)C1)C(F)(F)F. The van der Waals surface area contributed by atoms with Crippen LogP contribution in [0, 0.1) is 5.92 Å². The number of hydrogen-bond acceptors (Lipinski definition) is 4. The van der Waals surface area contributed by atoms with Crippen LogP contribution in [0.2, 0.25) is 5.02 Å². The summed E-state index contributed by atoms with van der Waals surface area (Å²) >= 11 is 6.13. The summed E-state index contributed by atoms with van der Waals surface area (Å²) in [6.45, 7) is -0.240. The van der Waals surface area contributed by atoms with Gasteiger partial charge in [-0.2, -0.15) is 17.5 Å². The lowest BCUT2D eigenvalue weighted by Gasteiger charge is -2.34. The average molecular weight is 491 g/mol. The Morgan fingerprint density at radius 2 is 1.94 bits per heavy atom. The van der Waals surface area contributed by atoms with E-state index in [2.05, 4.69) is 9.97 Å². The highest BCUT2D eigenvalue weighted by Gasteiger charge is 2.51. The number of hydrogen-bond donors (Lipinski definition) is 1. The van der Waals surface area contributed by atoms with Gasteiger partial charge in [-0.15, -0.1) is 0 Å². The van der Waals surface area contributed by atoms with Crippen molar-refractivity contribution in [1.82, 2.24) is 14.3 Å². The van der Waals surface area contributed by atoms with Crippen LogP contribution in [-0.2, 0) is 23.1 Å². The van der Waals surface area contributed by atoms with E-state index in [0.717, 1.165) is 25.0 Å². The lowest BCUT2D eigenvalue weighted by atomic mass is 9.97. The second kappa shape index (κ2) is 9.23. The number of fused-ring (bicyclic) bond motifs is 1. The monoisotopic (exact) mass is 490 g/mol. The van der Waals surface area contributed by atoms with Gasteiger partial charge in [0, 0.05) is 36.0 Å². The van der Waals surface area contributed by atoms with Crippen molar-refractivity contribution in [3.8, 4) is 0 Å². The fraction of sp³-hybridized carbons (Fsp3) is 0.571. The third-order valence-corrected chi connectivity index (χ3v) is 8.24. The number of H-pyrrole nitrogens is 1. The van der Waals surface area contributed by atoms with Crippen molar-refractivity contribution in [3.05, 3.63) is 47.0 Å². The van der Waals surface area contributed by atoms with Crippen molar-refractivity contribution in [2.24, 2.45) is 5.92 Å². The number of benzene rings is 1. The van der Waals surface area contributed by atoms with Gasteiger partial charge in [-0.25, -0.2) is 13.4 Å². The molecule has 1 atom stereocenters. The van der Waals surface area contributed by atoms with Crippen molar-refractivity contribution < 1.29 is 21.6 Å². The molecule has 1 unspecified atom stereocenters. The Bertz CT molecular complexity index is 1020. The van der Waals surface area contributed by atoms with Crippen molar-refractivity contribution in [3.63, 3.8) is 0 Å². The van der Waals surface area contributed by atoms with Gasteiger partial charge in [-0.1, -0.05) is 37.3 Å². The summed E-state index contributed by atoms with van der Waals surface area (Å²) in [4.78, 5) is 9.08. The number of nitrogens with one attached hydrogen (secondary N) is 1. The topological polar surface area (TPSA) is 69.3 Å². The molecule has 32 heavy (non-hydrogen) atoms. The number of aromatic amines is 1. The molecule has 0 saturated heterocycles. The summed E-state index contributed by atoms with van der Waals surface area (Å²) in [7, 11) is -5.49. The van der Waals surface area contributed by atoms with E-state index >= 15 is 0 Å². The van der Waals surface area contributed by atoms with Crippen molar-refractivity contribution in [2.75, 3.05) is 11.4 Å². The molecule has 11 heteroatoms. The molecule has 2 heterocycles. The molecule has 2 aliphatic rings. The van der Waals surface area contributed by atoms with E-state index in [0.29, 0.717) is 39.5 Å². The minimum atomic E-state index is -5.49. The van der Waals surface area contributed by atoms with Gasteiger partial charge in [0.1, 0.15) is 0 Å². The van der Waals surface area contributed by atoms with E-state index in [1.807, 2.05) is 4.90 Å². The van der Waals surface area contributed by atoms with Crippen molar-refractivity contribution in [2.45, 2.75) is 63.2 Å². The number of alkyl halides is 3. The van der Waals surface area contributed by atoms with Crippen molar-refractivity contribution >= 4 is 27.3 Å². The first kappa shape index (κ1) is 23.4. The van der Waals surface area contributed by atoms with Gasteiger partial charge in [0.05, 0.1) is 18.6 Å². The molecule has 1 aromatic carbocycles. The predicted molar refractivity (Wildman–Crippen MR) is 117 cm³/mol. The van der Waals surface area contributed by atoms with Crippen LogP contribution in [0.5, 0.6) is 0 Å². The first-order valence-corrected chi connectivity index (χ1v) is 12.6. The third kappa shape index (κ3) is 4.92. The Morgan fingerprint density at radius 3 is 2.59 bits per heavy atom. The van der Waals surface area contributed by atoms with E-state index in [4.69, 9.17) is 11.6 Å². The van der Waals surface area contributed by atoms with Gasteiger partial charge in [-0.05, 0) is 42.5 Å². The molecule has 0 spiro atoms. The van der Waals surface area contributed by atoms with Crippen molar-refractivity contribution in [1.29, 1.82) is 0 Å². The molecule has 1 saturated carbocycles. The van der Waals surface area contributed by atoms with Crippen LogP contribution < -0.4 is 4.90 Å². The Hall–Kier alpha value is -1.78. The summed E-state index contributed by atoms with van der Waals surface area (Å²) in [5.41, 5.74) is -3.42. The van der Waals surface area contributed by atoms with Crippen LogP contribution in [-0.4, -0.2) is 40.8 Å². The summed E-state index contributed by atoms with van der Waals surface area (Å²) in [5, 5.41) is 0.346. The Kier molecular flexibility index (Phi) is 6.74. The number of sulfonamides is 1. The lowest BCUT2D eigenvalue weighted by Crippen LogP contribution is -2.47. The minimum Gasteiger partial charge on any atom is -0.361 e. The van der Waals surface area contributed by atoms with Crippen LogP contribution in [0.3, 0.4) is 0 Å². The highest BCUT2D eigenvalue weighted by molar-refractivity contribution is 7.89. The zero-order valence-corrected chi connectivity index (χ0v) is 19.1. The standard InChI is InChI=1S/C21H26ClF3N4O2S/c22-17-6-8-20-16(9-17)11-28(32(30,31)21(23,24)25)13-19(7-5-15-3-1-2-4-15)29(20)12-18-10-26-14-27-18/h6,8-10,14-15,19H,1-5,7,11-13H2,(H,26,27). The maximum atomic E-state index is 13.5. The molecule has 1 fully saturated rings. The van der Waals surface area contributed by atoms with Gasteiger partial charge in [-0.3, -0.25) is 0 Å². The molecule has 0 amide bonds. The molecular formula is C21H26ClF3N4O2S. The second-order valence-corrected chi connectivity index (χ2v) is 11.0. The van der Waals surface area contributed by atoms with E-state index in [1.54, 1.807) is 30.7 Å². The lowest BCUT2D eigenvalue weighted by molar-refractivity contribution is -0.0492. The number of rotatable bonds is 6. The van der Waals surface area contributed by atoms with E-state index in [9.17, 15) is 21.6 Å². The summed E-state index contributed by atoms with van der Waals surface area (Å²) in [5.74, 6) is 0.532. The molecule has 1 aliphatic carbocycles.